The Kier molecular flexibility index (Phi) is 3.52. The Morgan fingerprint density at radius 2 is 2.12 bits per heavy atom. The van der Waals surface area contributed by atoms with Gasteiger partial charge in [-0.15, -0.1) is 0 Å². The Morgan fingerprint density at radius 3 is 2.76 bits per heavy atom. The summed E-state index contributed by atoms with van der Waals surface area (Å²) in [6, 6.07) is 5.29. The van der Waals surface area contributed by atoms with Gasteiger partial charge in [0.15, 0.2) is 0 Å². The number of amides is 1. The molecular weight excluding hydrogens is 216 g/mol. The van der Waals surface area contributed by atoms with E-state index in [0.29, 0.717) is 11.4 Å². The molecule has 1 fully saturated rings. The summed E-state index contributed by atoms with van der Waals surface area (Å²) >= 11 is 0. The molecule has 92 valence electrons. The van der Waals surface area contributed by atoms with E-state index in [1.807, 2.05) is 0 Å². The highest BCUT2D eigenvalue weighted by atomic mass is 16.5. The molecule has 0 spiro atoms. The SMILES string of the molecule is COc1cc(NC(=O)C2CCCC2)ccc1N. The van der Waals surface area contributed by atoms with Crippen molar-refractivity contribution >= 4 is 17.3 Å². The topological polar surface area (TPSA) is 64.3 Å². The standard InChI is InChI=1S/C13H18N2O2/c1-17-12-8-10(6-7-11(12)14)15-13(16)9-4-2-3-5-9/h6-9H,2-5,14H2,1H3,(H,15,16). The summed E-state index contributed by atoms with van der Waals surface area (Å²) in [5, 5.41) is 2.91. The fraction of sp³-hybridized carbons (Fsp3) is 0.462. The van der Waals surface area contributed by atoms with Crippen LogP contribution >= 0.6 is 0 Å². The minimum Gasteiger partial charge on any atom is -0.495 e. The van der Waals surface area contributed by atoms with Crippen LogP contribution in [0.1, 0.15) is 25.7 Å². The summed E-state index contributed by atoms with van der Waals surface area (Å²) in [6.07, 6.45) is 4.31. The highest BCUT2D eigenvalue weighted by molar-refractivity contribution is 5.93. The lowest BCUT2D eigenvalue weighted by atomic mass is 10.1. The van der Waals surface area contributed by atoms with Gasteiger partial charge in [-0.3, -0.25) is 4.79 Å². The van der Waals surface area contributed by atoms with Crippen LogP contribution < -0.4 is 15.8 Å². The normalized spacial score (nSPS) is 15.8. The maximum Gasteiger partial charge on any atom is 0.227 e. The molecule has 0 aromatic heterocycles. The monoisotopic (exact) mass is 234 g/mol. The zero-order valence-electron chi connectivity index (χ0n) is 10.0. The highest BCUT2D eigenvalue weighted by Crippen LogP contribution is 2.28. The van der Waals surface area contributed by atoms with Crippen LogP contribution in [0.5, 0.6) is 5.75 Å². The number of hydrogen-bond acceptors (Lipinski definition) is 3. The van der Waals surface area contributed by atoms with E-state index in [1.165, 1.54) is 0 Å². The van der Waals surface area contributed by atoms with E-state index >= 15 is 0 Å². The molecule has 0 radical (unpaired) electrons. The molecule has 1 aromatic rings. The van der Waals surface area contributed by atoms with Gasteiger partial charge in [0.05, 0.1) is 12.8 Å². The van der Waals surface area contributed by atoms with Gasteiger partial charge in [-0.25, -0.2) is 0 Å². The maximum atomic E-state index is 11.9. The quantitative estimate of drug-likeness (QED) is 0.789. The first kappa shape index (κ1) is 11.8. The number of carbonyl (C=O) groups is 1. The fourth-order valence-electron chi connectivity index (χ4n) is 2.22. The number of rotatable bonds is 3. The van der Waals surface area contributed by atoms with Gasteiger partial charge in [-0.2, -0.15) is 0 Å². The molecule has 1 saturated carbocycles. The summed E-state index contributed by atoms with van der Waals surface area (Å²) in [7, 11) is 1.56. The van der Waals surface area contributed by atoms with Crippen molar-refractivity contribution in [1.29, 1.82) is 0 Å². The van der Waals surface area contributed by atoms with Gasteiger partial charge in [0, 0.05) is 17.7 Å². The minimum atomic E-state index is 0.106. The van der Waals surface area contributed by atoms with Crippen LogP contribution in [0.3, 0.4) is 0 Å². The molecule has 0 heterocycles. The molecule has 3 N–H and O–H groups in total. The molecule has 4 nitrogen and oxygen atoms in total. The van der Waals surface area contributed by atoms with Crippen LogP contribution in [-0.2, 0) is 4.79 Å². The number of carbonyl (C=O) groups excluding carboxylic acids is 1. The molecule has 0 unspecified atom stereocenters. The highest BCUT2D eigenvalue weighted by Gasteiger charge is 2.22. The first-order valence-electron chi connectivity index (χ1n) is 5.95. The number of methoxy groups -OCH3 is 1. The van der Waals surface area contributed by atoms with Crippen LogP contribution in [-0.4, -0.2) is 13.0 Å². The lowest BCUT2D eigenvalue weighted by molar-refractivity contribution is -0.119. The van der Waals surface area contributed by atoms with Gasteiger partial charge in [0.2, 0.25) is 5.91 Å². The Labute approximate surface area is 101 Å². The molecule has 1 aromatic carbocycles. The summed E-state index contributed by atoms with van der Waals surface area (Å²) in [6.45, 7) is 0. The van der Waals surface area contributed by atoms with Crippen molar-refractivity contribution in [2.45, 2.75) is 25.7 Å². The van der Waals surface area contributed by atoms with E-state index in [2.05, 4.69) is 5.32 Å². The number of nitrogens with two attached hydrogens (primary N) is 1. The second kappa shape index (κ2) is 5.08. The second-order valence-corrected chi connectivity index (χ2v) is 4.43. The van der Waals surface area contributed by atoms with E-state index < -0.39 is 0 Å². The maximum absolute atomic E-state index is 11.9. The largest absolute Gasteiger partial charge is 0.495 e. The minimum absolute atomic E-state index is 0.106. The molecule has 1 aliphatic carbocycles. The van der Waals surface area contributed by atoms with Crippen LogP contribution in [0.15, 0.2) is 18.2 Å². The molecule has 0 saturated heterocycles. The zero-order valence-corrected chi connectivity index (χ0v) is 10.0. The predicted molar refractivity (Wildman–Crippen MR) is 68.0 cm³/mol. The Bertz CT molecular complexity index is 412. The third-order valence-corrected chi connectivity index (χ3v) is 3.23. The summed E-state index contributed by atoms with van der Waals surface area (Å²) in [5.41, 5.74) is 7.03. The molecule has 0 aliphatic heterocycles. The van der Waals surface area contributed by atoms with Crippen LogP contribution in [0, 0.1) is 5.92 Å². The fourth-order valence-corrected chi connectivity index (χ4v) is 2.22. The zero-order chi connectivity index (χ0) is 12.3. The van der Waals surface area contributed by atoms with Crippen molar-refractivity contribution in [3.05, 3.63) is 18.2 Å². The van der Waals surface area contributed by atoms with Crippen molar-refractivity contribution in [2.24, 2.45) is 5.92 Å². The third-order valence-electron chi connectivity index (χ3n) is 3.23. The smallest absolute Gasteiger partial charge is 0.227 e. The summed E-state index contributed by atoms with van der Waals surface area (Å²) in [4.78, 5) is 11.9. The average Bonchev–Trinajstić information content (AvgIpc) is 2.85. The average molecular weight is 234 g/mol. The third kappa shape index (κ3) is 2.70. The molecule has 0 atom stereocenters. The molecule has 1 aliphatic rings. The number of hydrogen-bond donors (Lipinski definition) is 2. The summed E-state index contributed by atoms with van der Waals surface area (Å²) < 4.78 is 5.12. The predicted octanol–water partition coefficient (Wildman–Crippen LogP) is 2.41. The number of nitrogen functional groups attached to an aromatic ring is 1. The molecule has 0 bridgehead atoms. The van der Waals surface area contributed by atoms with Crippen molar-refractivity contribution in [3.8, 4) is 5.75 Å². The van der Waals surface area contributed by atoms with Crippen LogP contribution in [0.25, 0.3) is 0 Å². The van der Waals surface area contributed by atoms with Gasteiger partial charge in [-0.1, -0.05) is 12.8 Å². The molecule has 17 heavy (non-hydrogen) atoms. The lowest BCUT2D eigenvalue weighted by Gasteiger charge is -2.12. The van der Waals surface area contributed by atoms with Crippen molar-refractivity contribution in [1.82, 2.24) is 0 Å². The van der Waals surface area contributed by atoms with Gasteiger partial charge >= 0.3 is 0 Å². The first-order chi connectivity index (χ1) is 8.20. The number of nitrogens with one attached hydrogen (secondary N) is 1. The van der Waals surface area contributed by atoms with Crippen LogP contribution in [0.2, 0.25) is 0 Å². The van der Waals surface area contributed by atoms with Gasteiger partial charge in [-0.05, 0) is 25.0 Å². The van der Waals surface area contributed by atoms with Crippen molar-refractivity contribution < 1.29 is 9.53 Å². The van der Waals surface area contributed by atoms with Gasteiger partial charge < -0.3 is 15.8 Å². The van der Waals surface area contributed by atoms with Gasteiger partial charge in [0.1, 0.15) is 5.75 Å². The van der Waals surface area contributed by atoms with Crippen molar-refractivity contribution in [2.75, 3.05) is 18.2 Å². The first-order valence-corrected chi connectivity index (χ1v) is 5.95. The second-order valence-electron chi connectivity index (χ2n) is 4.43. The molecule has 2 rings (SSSR count). The van der Waals surface area contributed by atoms with Gasteiger partial charge in [0.25, 0.3) is 0 Å². The van der Waals surface area contributed by atoms with E-state index in [9.17, 15) is 4.79 Å². The molecular formula is C13H18N2O2. The van der Waals surface area contributed by atoms with E-state index in [4.69, 9.17) is 10.5 Å². The van der Waals surface area contributed by atoms with E-state index in [1.54, 1.807) is 25.3 Å². The van der Waals surface area contributed by atoms with Crippen molar-refractivity contribution in [3.63, 3.8) is 0 Å². The Morgan fingerprint density at radius 1 is 1.41 bits per heavy atom. The van der Waals surface area contributed by atoms with E-state index in [-0.39, 0.29) is 11.8 Å². The molecule has 1 amide bonds. The number of benzene rings is 1. The number of anilines is 2. The summed E-state index contributed by atoms with van der Waals surface area (Å²) in [5.74, 6) is 0.863. The Hall–Kier alpha value is -1.71. The number of ether oxygens (including phenoxy) is 1. The van der Waals surface area contributed by atoms with E-state index in [0.717, 1.165) is 31.4 Å². The molecule has 4 heteroatoms. The van der Waals surface area contributed by atoms with Crippen LogP contribution in [0.4, 0.5) is 11.4 Å². The lowest BCUT2D eigenvalue weighted by Crippen LogP contribution is -2.20. The Balaban J connectivity index is 2.05.